The molecule has 0 radical (unpaired) electrons. The Morgan fingerprint density at radius 1 is 1.13 bits per heavy atom. The van der Waals surface area contributed by atoms with Gasteiger partial charge in [0.1, 0.15) is 11.3 Å². The van der Waals surface area contributed by atoms with Crippen molar-refractivity contribution in [1.29, 1.82) is 0 Å². The molecule has 23 heavy (non-hydrogen) atoms. The molecule has 4 rings (SSSR count). The van der Waals surface area contributed by atoms with Crippen molar-refractivity contribution >= 4 is 32.6 Å². The zero-order valence-corrected chi connectivity index (χ0v) is 14.1. The van der Waals surface area contributed by atoms with Gasteiger partial charge in [0.15, 0.2) is 6.73 Å². The molecule has 0 spiro atoms. The molecule has 0 atom stereocenters. The van der Waals surface area contributed by atoms with Crippen molar-refractivity contribution < 1.29 is 9.15 Å². The van der Waals surface area contributed by atoms with E-state index in [2.05, 4.69) is 20.8 Å². The minimum atomic E-state index is -0.329. The number of fused-ring (bicyclic) bond motifs is 3. The van der Waals surface area contributed by atoms with E-state index in [-0.39, 0.29) is 5.63 Å². The maximum Gasteiger partial charge on any atom is 0.336 e. The number of ether oxygens (including phenoxy) is 1. The maximum atomic E-state index is 11.8. The van der Waals surface area contributed by atoms with Crippen LogP contribution in [0.5, 0.6) is 5.75 Å². The van der Waals surface area contributed by atoms with Gasteiger partial charge in [-0.15, -0.1) is 0 Å². The molecule has 2 heterocycles. The number of rotatable bonds is 1. The van der Waals surface area contributed by atoms with Gasteiger partial charge in [0.25, 0.3) is 0 Å². The normalized spacial score (nSPS) is 13.7. The number of nitrogens with zero attached hydrogens (tertiary/aromatic N) is 1. The maximum absolute atomic E-state index is 11.8. The Hall–Kier alpha value is -2.27. The minimum absolute atomic E-state index is 0.329. The van der Waals surface area contributed by atoms with E-state index in [0.29, 0.717) is 18.9 Å². The summed E-state index contributed by atoms with van der Waals surface area (Å²) in [6.07, 6.45) is 0. The van der Waals surface area contributed by atoms with E-state index in [0.717, 1.165) is 32.4 Å². The van der Waals surface area contributed by atoms with Crippen molar-refractivity contribution in [2.24, 2.45) is 0 Å². The summed E-state index contributed by atoms with van der Waals surface area (Å²) in [5, 5.41) is 0.949. The second kappa shape index (κ2) is 5.42. The molecule has 4 nitrogen and oxygen atoms in total. The van der Waals surface area contributed by atoms with E-state index in [9.17, 15) is 4.79 Å². The standard InChI is InChI=1S/C18H14BrNO3/c1-11-8-17(21)23-18-14(11)6-7-16-15(18)9-20(10-22-16)13-4-2-12(19)3-5-13/h2-8H,9-10H2,1H3. The molecule has 116 valence electrons. The van der Waals surface area contributed by atoms with Crippen LogP contribution in [0, 0.1) is 6.92 Å². The molecule has 5 heteroatoms. The van der Waals surface area contributed by atoms with Crippen LogP contribution in [0.1, 0.15) is 11.1 Å². The van der Waals surface area contributed by atoms with E-state index in [1.54, 1.807) is 0 Å². The fourth-order valence-corrected chi connectivity index (χ4v) is 3.17. The molecule has 2 aromatic carbocycles. The van der Waals surface area contributed by atoms with Gasteiger partial charge in [-0.05, 0) is 48.9 Å². The summed E-state index contributed by atoms with van der Waals surface area (Å²) in [5.41, 5.74) is 3.18. The Balaban J connectivity index is 1.82. The molecule has 1 aliphatic rings. The number of hydrogen-bond acceptors (Lipinski definition) is 4. The van der Waals surface area contributed by atoms with Gasteiger partial charge in [-0.2, -0.15) is 0 Å². The third kappa shape index (κ3) is 2.51. The molecular weight excluding hydrogens is 358 g/mol. The predicted molar refractivity (Wildman–Crippen MR) is 93.0 cm³/mol. The second-order valence-electron chi connectivity index (χ2n) is 5.62. The number of aryl methyl sites for hydroxylation is 1. The van der Waals surface area contributed by atoms with Crippen LogP contribution in [0.25, 0.3) is 11.0 Å². The minimum Gasteiger partial charge on any atom is -0.473 e. The number of halogens is 1. The molecule has 0 saturated heterocycles. The SMILES string of the molecule is Cc1cc(=O)oc2c3c(ccc12)OCN(c1ccc(Br)cc1)C3. The zero-order valence-electron chi connectivity index (χ0n) is 12.5. The predicted octanol–water partition coefficient (Wildman–Crippen LogP) is 4.22. The van der Waals surface area contributed by atoms with E-state index in [4.69, 9.17) is 9.15 Å². The van der Waals surface area contributed by atoms with Gasteiger partial charge in [-0.25, -0.2) is 4.79 Å². The van der Waals surface area contributed by atoms with Gasteiger partial charge in [0.2, 0.25) is 0 Å². The van der Waals surface area contributed by atoms with Gasteiger partial charge >= 0.3 is 5.63 Å². The Morgan fingerprint density at radius 3 is 2.70 bits per heavy atom. The second-order valence-corrected chi connectivity index (χ2v) is 6.53. The topological polar surface area (TPSA) is 42.7 Å². The first-order valence-corrected chi connectivity index (χ1v) is 8.11. The summed E-state index contributed by atoms with van der Waals surface area (Å²) in [6, 6.07) is 13.5. The smallest absolute Gasteiger partial charge is 0.336 e. The fraction of sp³-hybridized carbons (Fsp3) is 0.167. The first kappa shape index (κ1) is 14.3. The van der Waals surface area contributed by atoms with E-state index in [1.807, 2.05) is 43.3 Å². The third-order valence-electron chi connectivity index (χ3n) is 4.10. The van der Waals surface area contributed by atoms with Gasteiger partial charge < -0.3 is 14.1 Å². The Bertz CT molecular complexity index is 947. The van der Waals surface area contributed by atoms with Crippen LogP contribution in [0.15, 0.2) is 56.1 Å². The molecular formula is C18H14BrNO3. The summed E-state index contributed by atoms with van der Waals surface area (Å²) in [6.45, 7) is 3.03. The monoisotopic (exact) mass is 371 g/mol. The lowest BCUT2D eigenvalue weighted by Crippen LogP contribution is -2.32. The van der Waals surface area contributed by atoms with Crippen LogP contribution < -0.4 is 15.3 Å². The van der Waals surface area contributed by atoms with Crippen molar-refractivity contribution in [2.75, 3.05) is 11.6 Å². The van der Waals surface area contributed by atoms with Crippen molar-refractivity contribution in [1.82, 2.24) is 0 Å². The van der Waals surface area contributed by atoms with Crippen molar-refractivity contribution in [3.05, 3.63) is 68.5 Å². The van der Waals surface area contributed by atoms with Crippen molar-refractivity contribution in [3.63, 3.8) is 0 Å². The summed E-state index contributed by atoms with van der Waals surface area (Å²) >= 11 is 3.44. The Kier molecular flexibility index (Phi) is 3.38. The summed E-state index contributed by atoms with van der Waals surface area (Å²) in [7, 11) is 0. The van der Waals surface area contributed by atoms with Crippen molar-refractivity contribution in [3.8, 4) is 5.75 Å². The highest BCUT2D eigenvalue weighted by molar-refractivity contribution is 9.10. The molecule has 0 saturated carbocycles. The largest absolute Gasteiger partial charge is 0.473 e. The summed E-state index contributed by atoms with van der Waals surface area (Å²) in [5.74, 6) is 0.777. The Morgan fingerprint density at radius 2 is 1.91 bits per heavy atom. The van der Waals surface area contributed by atoms with Gasteiger partial charge in [0.05, 0.1) is 12.1 Å². The number of hydrogen-bond donors (Lipinski definition) is 0. The summed E-state index contributed by atoms with van der Waals surface area (Å²) < 4.78 is 12.4. The highest BCUT2D eigenvalue weighted by atomic mass is 79.9. The van der Waals surface area contributed by atoms with E-state index >= 15 is 0 Å². The van der Waals surface area contributed by atoms with E-state index < -0.39 is 0 Å². The van der Waals surface area contributed by atoms with Crippen LogP contribution in [0.4, 0.5) is 5.69 Å². The number of anilines is 1. The number of benzene rings is 2. The fourth-order valence-electron chi connectivity index (χ4n) is 2.91. The Labute approximate surface area is 141 Å². The van der Waals surface area contributed by atoms with Crippen LogP contribution >= 0.6 is 15.9 Å². The highest BCUT2D eigenvalue weighted by Crippen LogP contribution is 2.34. The molecule has 1 aliphatic heterocycles. The first-order chi connectivity index (χ1) is 11.1. The third-order valence-corrected chi connectivity index (χ3v) is 4.62. The molecule has 0 N–H and O–H groups in total. The molecule has 1 aromatic heterocycles. The lowest BCUT2D eigenvalue weighted by molar-refractivity contribution is 0.289. The zero-order chi connectivity index (χ0) is 16.0. The summed E-state index contributed by atoms with van der Waals surface area (Å²) in [4.78, 5) is 13.9. The van der Waals surface area contributed by atoms with Crippen LogP contribution in [-0.2, 0) is 6.54 Å². The average Bonchev–Trinajstić information content (AvgIpc) is 2.55. The van der Waals surface area contributed by atoms with Crippen LogP contribution in [0.3, 0.4) is 0 Å². The van der Waals surface area contributed by atoms with Gasteiger partial charge in [-0.1, -0.05) is 15.9 Å². The van der Waals surface area contributed by atoms with Gasteiger partial charge in [-0.3, -0.25) is 0 Å². The van der Waals surface area contributed by atoms with Crippen molar-refractivity contribution in [2.45, 2.75) is 13.5 Å². The lowest BCUT2D eigenvalue weighted by Gasteiger charge is -2.31. The molecule has 3 aromatic rings. The molecule has 0 amide bonds. The van der Waals surface area contributed by atoms with E-state index in [1.165, 1.54) is 6.07 Å². The molecule has 0 fully saturated rings. The quantitative estimate of drug-likeness (QED) is 0.600. The molecule has 0 bridgehead atoms. The molecule has 0 aliphatic carbocycles. The molecule has 0 unspecified atom stereocenters. The first-order valence-electron chi connectivity index (χ1n) is 7.31. The average molecular weight is 372 g/mol. The van der Waals surface area contributed by atoms with Crippen LogP contribution in [0.2, 0.25) is 0 Å². The van der Waals surface area contributed by atoms with Crippen LogP contribution in [-0.4, -0.2) is 6.73 Å². The highest BCUT2D eigenvalue weighted by Gasteiger charge is 2.22. The lowest BCUT2D eigenvalue weighted by atomic mass is 10.0. The van der Waals surface area contributed by atoms with Gasteiger partial charge in [0, 0.05) is 21.6 Å².